The molecule has 8 heteroatoms. The lowest BCUT2D eigenvalue weighted by molar-refractivity contribution is -0.114. The van der Waals surface area contributed by atoms with Gasteiger partial charge in [0, 0.05) is 21.8 Å². The number of nitrogens with one attached hydrogen (secondary N) is 3. The van der Waals surface area contributed by atoms with Gasteiger partial charge in [0.25, 0.3) is 11.8 Å². The largest absolute Gasteiger partial charge is 0.489 e. The van der Waals surface area contributed by atoms with Gasteiger partial charge in [-0.25, -0.2) is 0 Å². The minimum absolute atomic E-state index is 0.0720. The van der Waals surface area contributed by atoms with Crippen LogP contribution in [-0.2, 0) is 16.2 Å². The minimum atomic E-state index is -0.492. The molecule has 0 spiro atoms. The van der Waals surface area contributed by atoms with Crippen molar-refractivity contribution in [2.75, 3.05) is 16.4 Å². The fourth-order valence-corrected chi connectivity index (χ4v) is 5.42. The first-order valence-corrected chi connectivity index (χ1v) is 16.6. The average molecular weight is 656 g/mol. The van der Waals surface area contributed by atoms with Crippen molar-refractivity contribution < 1.29 is 19.1 Å². The molecule has 0 atom stereocenters. The molecule has 0 aromatic heterocycles. The van der Waals surface area contributed by atoms with Gasteiger partial charge in [-0.1, -0.05) is 92.7 Å². The predicted octanol–water partition coefficient (Wildman–Crippen LogP) is 8.53. The molecule has 3 amide bonds. The number of hydrogen-bond acceptors (Lipinski definition) is 5. The number of ether oxygens (including phenoxy) is 1. The van der Waals surface area contributed by atoms with E-state index in [0.717, 1.165) is 16.1 Å². The van der Waals surface area contributed by atoms with Gasteiger partial charge in [-0.2, -0.15) is 0 Å². The summed E-state index contributed by atoms with van der Waals surface area (Å²) in [5, 5.41) is 8.59. The Morgan fingerprint density at radius 3 is 2.10 bits per heavy atom. The van der Waals surface area contributed by atoms with Crippen LogP contribution in [0.3, 0.4) is 0 Å². The fraction of sp³-hybridized carbons (Fsp3) is 0.125. The van der Waals surface area contributed by atoms with Crippen molar-refractivity contribution in [2.45, 2.75) is 31.3 Å². The molecule has 5 aromatic carbocycles. The van der Waals surface area contributed by atoms with E-state index >= 15 is 0 Å². The van der Waals surface area contributed by atoms with Gasteiger partial charge in [0.1, 0.15) is 18.1 Å². The van der Waals surface area contributed by atoms with Crippen LogP contribution in [0.1, 0.15) is 46.8 Å². The van der Waals surface area contributed by atoms with Crippen molar-refractivity contribution in [3.05, 3.63) is 161 Å². The van der Waals surface area contributed by atoms with Gasteiger partial charge in [0.05, 0.1) is 5.75 Å². The molecule has 48 heavy (non-hydrogen) atoms. The maximum absolute atomic E-state index is 13.6. The number of amides is 3. The summed E-state index contributed by atoms with van der Waals surface area (Å²) < 4.78 is 5.89. The highest BCUT2D eigenvalue weighted by atomic mass is 32.2. The van der Waals surface area contributed by atoms with Crippen molar-refractivity contribution in [3.8, 4) is 5.75 Å². The standard InChI is InChI=1S/C40H37N3O4S/c1-28(2)31-18-20-33(21-19-31)41-38(44)27-48-36-15-9-14-34(25-36)42-40(46)37(43-39(45)32-12-7-4-8-13-32)24-29-16-22-35(23-17-29)47-26-30-10-5-3-6-11-30/h3-25,28H,26-27H2,1-2H3,(H,41,44)(H,42,46)(H,43,45)/b37-24-. The topological polar surface area (TPSA) is 96.5 Å². The summed E-state index contributed by atoms with van der Waals surface area (Å²) in [5.74, 6) is 0.274. The monoisotopic (exact) mass is 655 g/mol. The highest BCUT2D eigenvalue weighted by Gasteiger charge is 2.16. The second-order valence-electron chi connectivity index (χ2n) is 11.3. The first kappa shape index (κ1) is 33.8. The van der Waals surface area contributed by atoms with E-state index in [1.807, 2.05) is 91.0 Å². The third-order valence-electron chi connectivity index (χ3n) is 7.29. The number of carbonyl (C=O) groups excluding carboxylic acids is 3. The van der Waals surface area contributed by atoms with Crippen LogP contribution in [0.2, 0.25) is 0 Å². The Morgan fingerprint density at radius 1 is 0.729 bits per heavy atom. The maximum atomic E-state index is 13.6. The Kier molecular flexibility index (Phi) is 11.8. The van der Waals surface area contributed by atoms with Gasteiger partial charge in [-0.15, -0.1) is 11.8 Å². The molecule has 0 saturated carbocycles. The number of thioether (sulfide) groups is 1. The second kappa shape index (κ2) is 16.8. The third kappa shape index (κ3) is 10.2. The maximum Gasteiger partial charge on any atom is 0.272 e. The SMILES string of the molecule is CC(C)c1ccc(NC(=O)CSc2cccc(NC(=O)/C(=C/c3ccc(OCc4ccccc4)cc3)NC(=O)c3ccccc3)c2)cc1. The van der Waals surface area contributed by atoms with Crippen LogP contribution in [-0.4, -0.2) is 23.5 Å². The number of benzene rings is 5. The van der Waals surface area contributed by atoms with Crippen molar-refractivity contribution in [2.24, 2.45) is 0 Å². The van der Waals surface area contributed by atoms with Crippen molar-refractivity contribution >= 4 is 46.9 Å². The molecule has 5 aromatic rings. The van der Waals surface area contributed by atoms with Crippen LogP contribution in [0.15, 0.2) is 144 Å². The number of anilines is 2. The van der Waals surface area contributed by atoms with E-state index in [9.17, 15) is 14.4 Å². The molecule has 3 N–H and O–H groups in total. The van der Waals surface area contributed by atoms with E-state index < -0.39 is 11.8 Å². The third-order valence-corrected chi connectivity index (χ3v) is 8.28. The molecule has 0 bridgehead atoms. The van der Waals surface area contributed by atoms with Crippen molar-refractivity contribution in [1.82, 2.24) is 5.32 Å². The first-order chi connectivity index (χ1) is 23.3. The zero-order valence-electron chi connectivity index (χ0n) is 26.8. The molecule has 7 nitrogen and oxygen atoms in total. The lowest BCUT2D eigenvalue weighted by Gasteiger charge is -2.13. The van der Waals surface area contributed by atoms with Crippen molar-refractivity contribution in [3.63, 3.8) is 0 Å². The van der Waals surface area contributed by atoms with E-state index in [0.29, 0.717) is 35.1 Å². The smallest absolute Gasteiger partial charge is 0.272 e. The Balaban J connectivity index is 1.24. The lowest BCUT2D eigenvalue weighted by atomic mass is 10.0. The Hall–Kier alpha value is -5.60. The van der Waals surface area contributed by atoms with Gasteiger partial charge >= 0.3 is 0 Å². The summed E-state index contributed by atoms with van der Waals surface area (Å²) in [6, 6.07) is 40.9. The number of hydrogen-bond donors (Lipinski definition) is 3. The number of carbonyl (C=O) groups is 3. The van der Waals surface area contributed by atoms with Crippen LogP contribution in [0.25, 0.3) is 6.08 Å². The fourth-order valence-electron chi connectivity index (χ4n) is 4.67. The molecule has 0 saturated heterocycles. The van der Waals surface area contributed by atoms with E-state index in [-0.39, 0.29) is 17.4 Å². The molecule has 0 unspecified atom stereocenters. The Morgan fingerprint density at radius 2 is 1.42 bits per heavy atom. The van der Waals surface area contributed by atoms with E-state index in [1.165, 1.54) is 17.3 Å². The van der Waals surface area contributed by atoms with Gasteiger partial charge in [-0.05, 0) is 83.3 Å². The second-order valence-corrected chi connectivity index (χ2v) is 12.4. The van der Waals surface area contributed by atoms with Crippen LogP contribution in [0.4, 0.5) is 11.4 Å². The van der Waals surface area contributed by atoms with Crippen LogP contribution in [0.5, 0.6) is 5.75 Å². The Bertz CT molecular complexity index is 1860. The highest BCUT2D eigenvalue weighted by Crippen LogP contribution is 2.24. The molecule has 242 valence electrons. The summed E-state index contributed by atoms with van der Waals surface area (Å²) in [6.07, 6.45) is 1.62. The van der Waals surface area contributed by atoms with Gasteiger partial charge < -0.3 is 20.7 Å². The summed E-state index contributed by atoms with van der Waals surface area (Å²) in [5.41, 5.74) is 4.74. The van der Waals surface area contributed by atoms with Crippen molar-refractivity contribution in [1.29, 1.82) is 0 Å². The van der Waals surface area contributed by atoms with Crippen LogP contribution >= 0.6 is 11.8 Å². The zero-order valence-corrected chi connectivity index (χ0v) is 27.6. The molecule has 5 rings (SSSR count). The van der Waals surface area contributed by atoms with E-state index in [2.05, 4.69) is 29.8 Å². The summed E-state index contributed by atoms with van der Waals surface area (Å²) in [4.78, 5) is 40.1. The normalized spacial score (nSPS) is 11.1. The average Bonchev–Trinajstić information content (AvgIpc) is 3.11. The molecular formula is C40H37N3O4S. The zero-order chi connectivity index (χ0) is 33.7. The summed E-state index contributed by atoms with van der Waals surface area (Å²) in [6.45, 7) is 4.69. The van der Waals surface area contributed by atoms with Gasteiger partial charge in [0.15, 0.2) is 0 Å². The first-order valence-electron chi connectivity index (χ1n) is 15.6. The highest BCUT2D eigenvalue weighted by molar-refractivity contribution is 8.00. The minimum Gasteiger partial charge on any atom is -0.489 e. The van der Waals surface area contributed by atoms with E-state index in [1.54, 1.807) is 48.5 Å². The van der Waals surface area contributed by atoms with Gasteiger partial charge in [0.2, 0.25) is 5.91 Å². The summed E-state index contributed by atoms with van der Waals surface area (Å²) >= 11 is 1.36. The lowest BCUT2D eigenvalue weighted by Crippen LogP contribution is -2.30. The molecule has 0 heterocycles. The molecule has 0 aliphatic rings. The predicted molar refractivity (Wildman–Crippen MR) is 194 cm³/mol. The Labute approximate surface area is 285 Å². The number of rotatable bonds is 13. The summed E-state index contributed by atoms with van der Waals surface area (Å²) in [7, 11) is 0. The van der Waals surface area contributed by atoms with Gasteiger partial charge in [-0.3, -0.25) is 14.4 Å². The molecule has 0 radical (unpaired) electrons. The molecule has 0 aliphatic carbocycles. The quantitative estimate of drug-likeness (QED) is 0.0873. The van der Waals surface area contributed by atoms with Crippen LogP contribution in [0, 0.1) is 0 Å². The molecule has 0 fully saturated rings. The van der Waals surface area contributed by atoms with E-state index in [4.69, 9.17) is 4.74 Å². The van der Waals surface area contributed by atoms with Crippen LogP contribution < -0.4 is 20.7 Å². The molecular weight excluding hydrogens is 619 g/mol. The molecule has 0 aliphatic heterocycles.